The molecular formula is C12H14ClN5O. The van der Waals surface area contributed by atoms with E-state index in [9.17, 15) is 4.79 Å². The topological polar surface area (TPSA) is 96.7 Å². The van der Waals surface area contributed by atoms with Crippen LogP contribution >= 0.6 is 11.6 Å². The van der Waals surface area contributed by atoms with E-state index in [4.69, 9.17) is 17.3 Å². The van der Waals surface area contributed by atoms with Gasteiger partial charge in [-0.3, -0.25) is 9.89 Å². The van der Waals surface area contributed by atoms with Crippen molar-refractivity contribution in [3.8, 4) is 0 Å². The van der Waals surface area contributed by atoms with Gasteiger partial charge in [0.05, 0.1) is 10.7 Å². The SMILES string of the molecule is Nc1cc(C(=O)NCCCc2ncn[nH]2)ccc1Cl. The Morgan fingerprint density at radius 3 is 3.00 bits per heavy atom. The second-order valence-corrected chi connectivity index (χ2v) is 4.44. The first-order valence-corrected chi connectivity index (χ1v) is 6.22. The summed E-state index contributed by atoms with van der Waals surface area (Å²) < 4.78 is 0. The van der Waals surface area contributed by atoms with E-state index in [0.717, 1.165) is 18.7 Å². The fourth-order valence-corrected chi connectivity index (χ4v) is 1.71. The maximum atomic E-state index is 11.8. The number of nitrogen functional groups attached to an aromatic ring is 1. The lowest BCUT2D eigenvalue weighted by Gasteiger charge is -2.06. The minimum Gasteiger partial charge on any atom is -0.398 e. The Bertz CT molecular complexity index is 555. The van der Waals surface area contributed by atoms with Gasteiger partial charge in [-0.15, -0.1) is 0 Å². The number of aryl methyl sites for hydroxylation is 1. The lowest BCUT2D eigenvalue weighted by atomic mass is 10.2. The molecule has 0 saturated carbocycles. The Morgan fingerprint density at radius 2 is 2.32 bits per heavy atom. The summed E-state index contributed by atoms with van der Waals surface area (Å²) in [6, 6.07) is 4.82. The van der Waals surface area contributed by atoms with Crippen LogP contribution in [0.2, 0.25) is 5.02 Å². The average Bonchev–Trinajstić information content (AvgIpc) is 2.91. The molecule has 0 spiro atoms. The van der Waals surface area contributed by atoms with Crippen LogP contribution in [0.1, 0.15) is 22.6 Å². The van der Waals surface area contributed by atoms with Crippen molar-refractivity contribution >= 4 is 23.2 Å². The molecule has 0 aliphatic carbocycles. The highest BCUT2D eigenvalue weighted by molar-refractivity contribution is 6.33. The Labute approximate surface area is 115 Å². The van der Waals surface area contributed by atoms with Crippen molar-refractivity contribution in [1.82, 2.24) is 20.5 Å². The molecule has 1 heterocycles. The maximum Gasteiger partial charge on any atom is 0.251 e. The van der Waals surface area contributed by atoms with E-state index in [1.807, 2.05) is 0 Å². The zero-order valence-electron chi connectivity index (χ0n) is 10.2. The number of amides is 1. The molecule has 1 aromatic carbocycles. The molecule has 19 heavy (non-hydrogen) atoms. The second kappa shape index (κ2) is 6.19. The Morgan fingerprint density at radius 1 is 1.47 bits per heavy atom. The molecule has 7 heteroatoms. The van der Waals surface area contributed by atoms with Crippen molar-refractivity contribution in [3.63, 3.8) is 0 Å². The van der Waals surface area contributed by atoms with E-state index in [2.05, 4.69) is 20.5 Å². The molecule has 0 atom stereocenters. The van der Waals surface area contributed by atoms with Gasteiger partial charge in [0.2, 0.25) is 0 Å². The first kappa shape index (κ1) is 13.4. The number of benzene rings is 1. The summed E-state index contributed by atoms with van der Waals surface area (Å²) in [6.45, 7) is 0.558. The molecule has 2 rings (SSSR count). The predicted octanol–water partition coefficient (Wildman–Crippen LogP) is 1.40. The lowest BCUT2D eigenvalue weighted by Crippen LogP contribution is -2.24. The van der Waals surface area contributed by atoms with Crippen LogP contribution in [-0.2, 0) is 6.42 Å². The molecule has 1 aromatic heterocycles. The van der Waals surface area contributed by atoms with Crippen molar-refractivity contribution in [2.45, 2.75) is 12.8 Å². The van der Waals surface area contributed by atoms with Crippen LogP contribution in [-0.4, -0.2) is 27.6 Å². The largest absolute Gasteiger partial charge is 0.398 e. The standard InChI is InChI=1S/C12H14ClN5O/c13-9-4-3-8(6-10(9)14)12(19)15-5-1-2-11-16-7-17-18-11/h3-4,6-7H,1-2,5,14H2,(H,15,19)(H,16,17,18). The van der Waals surface area contributed by atoms with Gasteiger partial charge >= 0.3 is 0 Å². The van der Waals surface area contributed by atoms with Gasteiger partial charge in [-0.2, -0.15) is 5.10 Å². The summed E-state index contributed by atoms with van der Waals surface area (Å²) in [6.07, 6.45) is 2.98. The minimum absolute atomic E-state index is 0.166. The van der Waals surface area contributed by atoms with E-state index < -0.39 is 0 Å². The Hall–Kier alpha value is -2.08. The summed E-state index contributed by atoms with van der Waals surface area (Å²) in [4.78, 5) is 15.8. The molecule has 0 bridgehead atoms. The number of anilines is 1. The predicted molar refractivity (Wildman–Crippen MR) is 72.9 cm³/mol. The van der Waals surface area contributed by atoms with Crippen molar-refractivity contribution in [3.05, 3.63) is 40.9 Å². The molecule has 0 aliphatic rings. The van der Waals surface area contributed by atoms with E-state index in [1.165, 1.54) is 6.33 Å². The van der Waals surface area contributed by atoms with Crippen LogP contribution < -0.4 is 11.1 Å². The van der Waals surface area contributed by atoms with Crippen molar-refractivity contribution in [2.24, 2.45) is 0 Å². The van der Waals surface area contributed by atoms with Gasteiger partial charge in [0.1, 0.15) is 12.2 Å². The number of H-pyrrole nitrogens is 1. The highest BCUT2D eigenvalue weighted by Gasteiger charge is 2.07. The fourth-order valence-electron chi connectivity index (χ4n) is 1.60. The van der Waals surface area contributed by atoms with E-state index >= 15 is 0 Å². The molecule has 100 valence electrons. The molecule has 6 nitrogen and oxygen atoms in total. The van der Waals surface area contributed by atoms with Crippen LogP contribution in [0.4, 0.5) is 5.69 Å². The van der Waals surface area contributed by atoms with Gasteiger partial charge in [-0.25, -0.2) is 4.98 Å². The van der Waals surface area contributed by atoms with Crippen LogP contribution in [0, 0.1) is 0 Å². The zero-order chi connectivity index (χ0) is 13.7. The van der Waals surface area contributed by atoms with Gasteiger partial charge in [-0.05, 0) is 24.6 Å². The lowest BCUT2D eigenvalue weighted by molar-refractivity contribution is 0.0953. The summed E-state index contributed by atoms with van der Waals surface area (Å²) in [5.74, 6) is 0.644. The molecule has 1 amide bonds. The van der Waals surface area contributed by atoms with E-state index in [1.54, 1.807) is 18.2 Å². The Balaban J connectivity index is 1.79. The molecule has 0 radical (unpaired) electrons. The number of halogens is 1. The van der Waals surface area contributed by atoms with E-state index in [-0.39, 0.29) is 5.91 Å². The first-order valence-electron chi connectivity index (χ1n) is 5.84. The number of nitrogens with zero attached hydrogens (tertiary/aromatic N) is 2. The number of hydrogen-bond acceptors (Lipinski definition) is 4. The van der Waals surface area contributed by atoms with Crippen molar-refractivity contribution in [1.29, 1.82) is 0 Å². The van der Waals surface area contributed by atoms with Crippen LogP contribution in [0.25, 0.3) is 0 Å². The first-order chi connectivity index (χ1) is 9.16. The summed E-state index contributed by atoms with van der Waals surface area (Å²) in [5.41, 5.74) is 6.55. The molecule has 0 unspecified atom stereocenters. The minimum atomic E-state index is -0.166. The summed E-state index contributed by atoms with van der Waals surface area (Å²) in [7, 11) is 0. The van der Waals surface area contributed by atoms with Crippen molar-refractivity contribution in [2.75, 3.05) is 12.3 Å². The van der Waals surface area contributed by atoms with Gasteiger partial charge in [0.25, 0.3) is 5.91 Å². The van der Waals surface area contributed by atoms with Gasteiger partial charge in [0.15, 0.2) is 0 Å². The zero-order valence-corrected chi connectivity index (χ0v) is 10.9. The van der Waals surface area contributed by atoms with Crippen LogP contribution in [0.15, 0.2) is 24.5 Å². The highest BCUT2D eigenvalue weighted by atomic mass is 35.5. The van der Waals surface area contributed by atoms with Gasteiger partial charge in [-0.1, -0.05) is 11.6 Å². The highest BCUT2D eigenvalue weighted by Crippen LogP contribution is 2.19. The third kappa shape index (κ3) is 3.69. The number of aromatic amines is 1. The number of nitrogens with one attached hydrogen (secondary N) is 2. The van der Waals surface area contributed by atoms with Crippen LogP contribution in [0.5, 0.6) is 0 Å². The molecule has 0 fully saturated rings. The normalized spacial score (nSPS) is 10.4. The molecule has 4 N–H and O–H groups in total. The molecule has 0 aliphatic heterocycles. The summed E-state index contributed by atoms with van der Waals surface area (Å²) >= 11 is 5.80. The number of carbonyl (C=O) groups is 1. The smallest absolute Gasteiger partial charge is 0.251 e. The van der Waals surface area contributed by atoms with Gasteiger partial charge in [0, 0.05) is 18.5 Å². The number of carbonyl (C=O) groups excluding carboxylic acids is 1. The van der Waals surface area contributed by atoms with E-state index in [0.29, 0.717) is 22.8 Å². The third-order valence-electron chi connectivity index (χ3n) is 2.60. The second-order valence-electron chi connectivity index (χ2n) is 4.03. The average molecular weight is 280 g/mol. The third-order valence-corrected chi connectivity index (χ3v) is 2.94. The maximum absolute atomic E-state index is 11.8. The summed E-state index contributed by atoms with van der Waals surface area (Å²) in [5, 5.41) is 9.77. The monoisotopic (exact) mass is 279 g/mol. The fraction of sp³-hybridized carbons (Fsp3) is 0.250. The number of hydrogen-bond donors (Lipinski definition) is 3. The molecular weight excluding hydrogens is 266 g/mol. The van der Waals surface area contributed by atoms with Crippen LogP contribution in [0.3, 0.4) is 0 Å². The van der Waals surface area contributed by atoms with Crippen molar-refractivity contribution < 1.29 is 4.79 Å². The number of aromatic nitrogens is 3. The number of rotatable bonds is 5. The molecule has 2 aromatic rings. The Kier molecular flexibility index (Phi) is 4.35. The van der Waals surface area contributed by atoms with Gasteiger partial charge < -0.3 is 11.1 Å². The quantitative estimate of drug-likeness (QED) is 0.569. The number of nitrogens with two attached hydrogens (primary N) is 1. The molecule has 0 saturated heterocycles.